The number of carboxylic acids is 1. The maximum atomic E-state index is 13.6. The van der Waals surface area contributed by atoms with E-state index in [-0.39, 0.29) is 12.2 Å². The molecule has 0 fully saturated rings. The van der Waals surface area contributed by atoms with Crippen molar-refractivity contribution >= 4 is 11.7 Å². The predicted octanol–water partition coefficient (Wildman–Crippen LogP) is 2.12. The molecule has 0 saturated carbocycles. The largest absolute Gasteiger partial charge is 0.478 e. The Labute approximate surface area is 97.7 Å². The normalized spacial score (nSPS) is 9.76. The Bertz CT molecular complexity index is 457. The van der Waals surface area contributed by atoms with Crippen molar-refractivity contribution in [2.24, 2.45) is 0 Å². The fraction of sp³-hybridized carbons (Fsp3) is 0.250. The van der Waals surface area contributed by atoms with Crippen molar-refractivity contribution < 1.29 is 18.7 Å². The van der Waals surface area contributed by atoms with Gasteiger partial charge >= 0.3 is 5.97 Å². The van der Waals surface area contributed by atoms with Gasteiger partial charge in [0.1, 0.15) is 17.3 Å². The van der Waals surface area contributed by atoms with Crippen molar-refractivity contribution in [2.45, 2.75) is 6.92 Å². The lowest BCUT2D eigenvalue weighted by atomic mass is 10.1. The lowest BCUT2D eigenvalue weighted by molar-refractivity contribution is 0.0696. The summed E-state index contributed by atoms with van der Waals surface area (Å²) >= 11 is 0. The average molecular weight is 239 g/mol. The molecule has 90 valence electrons. The number of anilines is 1. The molecule has 0 aliphatic rings. The summed E-state index contributed by atoms with van der Waals surface area (Å²) < 4.78 is 27.2. The molecule has 5 heteroatoms. The van der Waals surface area contributed by atoms with Gasteiger partial charge in [0.05, 0.1) is 12.1 Å². The van der Waals surface area contributed by atoms with E-state index in [0.29, 0.717) is 6.54 Å². The molecule has 1 rings (SSSR count). The fourth-order valence-electron chi connectivity index (χ4n) is 1.45. The summed E-state index contributed by atoms with van der Waals surface area (Å²) in [7, 11) is 0. The van der Waals surface area contributed by atoms with Crippen LogP contribution in [0.5, 0.6) is 0 Å². The van der Waals surface area contributed by atoms with Crippen LogP contribution in [0.2, 0.25) is 0 Å². The zero-order chi connectivity index (χ0) is 13.0. The van der Waals surface area contributed by atoms with E-state index in [9.17, 15) is 13.6 Å². The lowest BCUT2D eigenvalue weighted by Gasteiger charge is -2.21. The topological polar surface area (TPSA) is 40.5 Å². The average Bonchev–Trinajstić information content (AvgIpc) is 2.26. The summed E-state index contributed by atoms with van der Waals surface area (Å²) in [5.74, 6) is -0.957. The summed E-state index contributed by atoms with van der Waals surface area (Å²) in [6, 6.07) is 1.56. The Morgan fingerprint density at radius 3 is 2.35 bits per heavy atom. The molecule has 0 aromatic heterocycles. The number of terminal acetylenes is 1. The first-order valence-corrected chi connectivity index (χ1v) is 4.92. The van der Waals surface area contributed by atoms with Crippen LogP contribution in [-0.2, 0) is 0 Å². The van der Waals surface area contributed by atoms with Crippen LogP contribution in [0, 0.1) is 24.0 Å². The molecule has 0 heterocycles. The third kappa shape index (κ3) is 2.72. The van der Waals surface area contributed by atoms with Crippen LogP contribution in [-0.4, -0.2) is 24.2 Å². The number of aromatic carboxylic acids is 1. The number of benzene rings is 1. The third-order valence-corrected chi connectivity index (χ3v) is 2.24. The molecule has 0 saturated heterocycles. The second-order valence-corrected chi connectivity index (χ2v) is 3.31. The molecule has 0 aliphatic heterocycles. The van der Waals surface area contributed by atoms with Gasteiger partial charge in [0.2, 0.25) is 0 Å². The predicted molar refractivity (Wildman–Crippen MR) is 60.0 cm³/mol. The van der Waals surface area contributed by atoms with Crippen molar-refractivity contribution in [3.63, 3.8) is 0 Å². The molecule has 0 aliphatic carbocycles. The minimum Gasteiger partial charge on any atom is -0.478 e. The number of halogens is 2. The number of nitrogens with zero attached hydrogens (tertiary/aromatic N) is 1. The molecule has 3 nitrogen and oxygen atoms in total. The van der Waals surface area contributed by atoms with E-state index in [2.05, 4.69) is 5.92 Å². The first kappa shape index (κ1) is 13.0. The van der Waals surface area contributed by atoms with Crippen LogP contribution in [0.15, 0.2) is 12.1 Å². The Balaban J connectivity index is 3.26. The van der Waals surface area contributed by atoms with E-state index in [1.807, 2.05) is 0 Å². The smallest absolute Gasteiger partial charge is 0.335 e. The van der Waals surface area contributed by atoms with Crippen molar-refractivity contribution in [3.05, 3.63) is 29.3 Å². The minimum absolute atomic E-state index is 0.0523. The van der Waals surface area contributed by atoms with Gasteiger partial charge in [-0.05, 0) is 19.1 Å². The zero-order valence-electron chi connectivity index (χ0n) is 9.20. The Kier molecular flexibility index (Phi) is 4.05. The number of hydrogen-bond donors (Lipinski definition) is 1. The maximum Gasteiger partial charge on any atom is 0.335 e. The van der Waals surface area contributed by atoms with Crippen LogP contribution in [0.1, 0.15) is 17.3 Å². The summed E-state index contributed by atoms with van der Waals surface area (Å²) in [5, 5.41) is 8.64. The molecular formula is C12H11F2NO2. The Hall–Kier alpha value is -2.09. The molecule has 1 aromatic carbocycles. The SMILES string of the molecule is C#CCN(CC)c1c(F)cc(C(=O)O)cc1F. The highest BCUT2D eigenvalue weighted by atomic mass is 19.1. The minimum atomic E-state index is -1.38. The Morgan fingerprint density at radius 2 is 2.00 bits per heavy atom. The maximum absolute atomic E-state index is 13.6. The third-order valence-electron chi connectivity index (χ3n) is 2.24. The van der Waals surface area contributed by atoms with Gasteiger partial charge in [-0.3, -0.25) is 0 Å². The second-order valence-electron chi connectivity index (χ2n) is 3.31. The van der Waals surface area contributed by atoms with Gasteiger partial charge < -0.3 is 10.0 Å². The molecule has 0 unspecified atom stereocenters. The summed E-state index contributed by atoms with van der Waals surface area (Å²) in [4.78, 5) is 11.9. The highest BCUT2D eigenvalue weighted by molar-refractivity contribution is 5.88. The summed E-state index contributed by atoms with van der Waals surface area (Å²) in [6.07, 6.45) is 5.09. The number of carboxylic acid groups (broad SMARTS) is 1. The van der Waals surface area contributed by atoms with Gasteiger partial charge in [0.15, 0.2) is 0 Å². The van der Waals surface area contributed by atoms with E-state index < -0.39 is 23.2 Å². The molecular weight excluding hydrogens is 228 g/mol. The molecule has 0 radical (unpaired) electrons. The van der Waals surface area contributed by atoms with Crippen molar-refractivity contribution in [3.8, 4) is 12.3 Å². The van der Waals surface area contributed by atoms with Gasteiger partial charge in [0, 0.05) is 6.54 Å². The van der Waals surface area contributed by atoms with Crippen LogP contribution in [0.4, 0.5) is 14.5 Å². The van der Waals surface area contributed by atoms with Crippen molar-refractivity contribution in [2.75, 3.05) is 18.0 Å². The van der Waals surface area contributed by atoms with Crippen LogP contribution < -0.4 is 4.90 Å². The molecule has 1 aromatic rings. The molecule has 0 bridgehead atoms. The molecule has 0 spiro atoms. The molecule has 17 heavy (non-hydrogen) atoms. The van der Waals surface area contributed by atoms with E-state index in [0.717, 1.165) is 12.1 Å². The van der Waals surface area contributed by atoms with E-state index in [4.69, 9.17) is 11.5 Å². The quantitative estimate of drug-likeness (QED) is 0.818. The first-order chi connectivity index (χ1) is 8.01. The van der Waals surface area contributed by atoms with Gasteiger partial charge in [-0.25, -0.2) is 13.6 Å². The van der Waals surface area contributed by atoms with E-state index >= 15 is 0 Å². The lowest BCUT2D eigenvalue weighted by Crippen LogP contribution is -2.25. The van der Waals surface area contributed by atoms with Crippen LogP contribution in [0.3, 0.4) is 0 Å². The van der Waals surface area contributed by atoms with Gasteiger partial charge in [0.25, 0.3) is 0 Å². The number of hydrogen-bond acceptors (Lipinski definition) is 2. The molecule has 0 amide bonds. The van der Waals surface area contributed by atoms with Crippen LogP contribution >= 0.6 is 0 Å². The van der Waals surface area contributed by atoms with Gasteiger partial charge in [-0.15, -0.1) is 6.42 Å². The Morgan fingerprint density at radius 1 is 1.47 bits per heavy atom. The van der Waals surface area contributed by atoms with Gasteiger partial charge in [-0.2, -0.15) is 0 Å². The van der Waals surface area contributed by atoms with E-state index in [1.165, 1.54) is 4.90 Å². The number of rotatable bonds is 4. The zero-order valence-corrected chi connectivity index (χ0v) is 9.20. The van der Waals surface area contributed by atoms with Crippen molar-refractivity contribution in [1.29, 1.82) is 0 Å². The second kappa shape index (κ2) is 5.30. The first-order valence-electron chi connectivity index (χ1n) is 4.92. The van der Waals surface area contributed by atoms with Crippen molar-refractivity contribution in [1.82, 2.24) is 0 Å². The molecule has 1 N–H and O–H groups in total. The molecule has 0 atom stereocenters. The van der Waals surface area contributed by atoms with Gasteiger partial charge in [-0.1, -0.05) is 5.92 Å². The monoisotopic (exact) mass is 239 g/mol. The summed E-state index contributed by atoms with van der Waals surface area (Å²) in [6.45, 7) is 2.07. The highest BCUT2D eigenvalue weighted by Crippen LogP contribution is 2.24. The standard InChI is InChI=1S/C12H11F2NO2/c1-3-5-15(4-2)11-9(13)6-8(12(16)17)7-10(11)14/h1,6-7H,4-5H2,2H3,(H,16,17). The number of carbonyl (C=O) groups is 1. The van der Waals surface area contributed by atoms with Crippen LogP contribution in [0.25, 0.3) is 0 Å². The fourth-order valence-corrected chi connectivity index (χ4v) is 1.45. The summed E-state index contributed by atoms with van der Waals surface area (Å²) in [5.41, 5.74) is -0.726. The van der Waals surface area contributed by atoms with E-state index in [1.54, 1.807) is 6.92 Å². The highest BCUT2D eigenvalue weighted by Gasteiger charge is 2.18.